The smallest absolute Gasteiger partial charge is 0.258 e. The second-order valence-corrected chi connectivity index (χ2v) is 5.73. The number of amides is 1. The topological polar surface area (TPSA) is 50.4 Å². The molecule has 2 N–H and O–H groups in total. The first-order valence-electron chi connectivity index (χ1n) is 7.70. The molecule has 118 valence electrons. The van der Waals surface area contributed by atoms with E-state index in [-0.39, 0.29) is 24.6 Å². The van der Waals surface area contributed by atoms with Gasteiger partial charge < -0.3 is 15.4 Å². The highest BCUT2D eigenvalue weighted by Crippen LogP contribution is 2.26. The monoisotopic (exact) mass is 292 g/mol. The number of carbonyl (C=O) groups is 1. The van der Waals surface area contributed by atoms with Crippen molar-refractivity contribution >= 4 is 5.91 Å². The maximum atomic E-state index is 11.7. The molecule has 4 nitrogen and oxygen atoms in total. The lowest BCUT2D eigenvalue weighted by Gasteiger charge is -2.19. The van der Waals surface area contributed by atoms with Crippen LogP contribution in [0, 0.1) is 6.92 Å². The van der Waals surface area contributed by atoms with Gasteiger partial charge in [-0.05, 0) is 46.7 Å². The van der Waals surface area contributed by atoms with E-state index in [2.05, 4.69) is 37.5 Å². The van der Waals surface area contributed by atoms with Crippen LogP contribution in [0.15, 0.2) is 18.2 Å². The fourth-order valence-corrected chi connectivity index (χ4v) is 2.12. The van der Waals surface area contributed by atoms with Crippen LogP contribution >= 0.6 is 0 Å². The number of benzene rings is 1. The molecule has 0 saturated carbocycles. The van der Waals surface area contributed by atoms with Crippen LogP contribution in [0.4, 0.5) is 0 Å². The van der Waals surface area contributed by atoms with Crippen molar-refractivity contribution < 1.29 is 9.53 Å². The minimum absolute atomic E-state index is 0.0503. The van der Waals surface area contributed by atoms with Gasteiger partial charge in [0, 0.05) is 17.6 Å². The van der Waals surface area contributed by atoms with Crippen molar-refractivity contribution in [2.75, 3.05) is 13.2 Å². The zero-order valence-corrected chi connectivity index (χ0v) is 13.8. The van der Waals surface area contributed by atoms with Gasteiger partial charge in [0.25, 0.3) is 5.91 Å². The van der Waals surface area contributed by atoms with Gasteiger partial charge in [-0.1, -0.05) is 24.6 Å². The van der Waals surface area contributed by atoms with Crippen molar-refractivity contribution in [3.63, 3.8) is 0 Å². The Hall–Kier alpha value is -1.55. The Morgan fingerprint density at radius 3 is 2.62 bits per heavy atom. The molecule has 1 aromatic rings. The third kappa shape index (κ3) is 6.17. The summed E-state index contributed by atoms with van der Waals surface area (Å²) >= 11 is 0. The standard InChI is InChI=1S/C17H28N2O2/c1-6-9-18-14(5)15-10-13(4)7-8-16(15)21-11-17(20)19-12(2)3/h7-8,10,12,14,18H,6,9,11H2,1-5H3,(H,19,20). The summed E-state index contributed by atoms with van der Waals surface area (Å²) in [7, 11) is 0. The van der Waals surface area contributed by atoms with Gasteiger partial charge in [0.05, 0.1) is 0 Å². The number of nitrogens with one attached hydrogen (secondary N) is 2. The maximum Gasteiger partial charge on any atom is 0.258 e. The molecule has 1 unspecified atom stereocenters. The summed E-state index contributed by atoms with van der Waals surface area (Å²) in [6.07, 6.45) is 1.09. The van der Waals surface area contributed by atoms with Gasteiger partial charge in [0.2, 0.25) is 0 Å². The normalized spacial score (nSPS) is 12.3. The van der Waals surface area contributed by atoms with E-state index >= 15 is 0 Å². The minimum Gasteiger partial charge on any atom is -0.483 e. The van der Waals surface area contributed by atoms with Crippen LogP contribution in [0.3, 0.4) is 0 Å². The molecule has 1 amide bonds. The average molecular weight is 292 g/mol. The zero-order chi connectivity index (χ0) is 15.8. The van der Waals surface area contributed by atoms with E-state index in [1.54, 1.807) is 0 Å². The Morgan fingerprint density at radius 2 is 2.00 bits per heavy atom. The Labute approximate surface area is 128 Å². The minimum atomic E-state index is -0.0919. The van der Waals surface area contributed by atoms with Crippen LogP contribution < -0.4 is 15.4 Å². The number of hydrogen-bond donors (Lipinski definition) is 2. The Kier molecular flexibility index (Phi) is 7.23. The lowest BCUT2D eigenvalue weighted by molar-refractivity contribution is -0.123. The van der Waals surface area contributed by atoms with Crippen LogP contribution in [0.5, 0.6) is 5.75 Å². The van der Waals surface area contributed by atoms with E-state index in [9.17, 15) is 4.79 Å². The molecule has 4 heteroatoms. The van der Waals surface area contributed by atoms with E-state index in [4.69, 9.17) is 4.74 Å². The zero-order valence-electron chi connectivity index (χ0n) is 13.8. The summed E-state index contributed by atoms with van der Waals surface area (Å²) in [6.45, 7) is 11.2. The van der Waals surface area contributed by atoms with Gasteiger partial charge in [-0.3, -0.25) is 4.79 Å². The number of rotatable bonds is 8. The van der Waals surface area contributed by atoms with E-state index in [1.165, 1.54) is 5.56 Å². The predicted molar refractivity (Wildman–Crippen MR) is 86.7 cm³/mol. The lowest BCUT2D eigenvalue weighted by Crippen LogP contribution is -2.34. The average Bonchev–Trinajstić information content (AvgIpc) is 2.42. The van der Waals surface area contributed by atoms with E-state index < -0.39 is 0 Å². The van der Waals surface area contributed by atoms with Crippen molar-refractivity contribution in [1.29, 1.82) is 0 Å². The molecule has 0 aliphatic heterocycles. The largest absolute Gasteiger partial charge is 0.483 e. The molecular formula is C17H28N2O2. The van der Waals surface area contributed by atoms with Gasteiger partial charge in [0.1, 0.15) is 5.75 Å². The van der Waals surface area contributed by atoms with E-state index in [0.717, 1.165) is 24.3 Å². The Balaban J connectivity index is 2.74. The van der Waals surface area contributed by atoms with Crippen LogP contribution in [0.25, 0.3) is 0 Å². The highest BCUT2D eigenvalue weighted by molar-refractivity contribution is 5.77. The van der Waals surface area contributed by atoms with Gasteiger partial charge in [0.15, 0.2) is 6.61 Å². The second kappa shape index (κ2) is 8.67. The number of carbonyl (C=O) groups excluding carboxylic acids is 1. The molecule has 1 atom stereocenters. The molecule has 0 saturated heterocycles. The quantitative estimate of drug-likeness (QED) is 0.774. The first kappa shape index (κ1) is 17.5. The molecule has 1 aromatic carbocycles. The number of ether oxygens (including phenoxy) is 1. The van der Waals surface area contributed by atoms with Crippen LogP contribution in [0.1, 0.15) is 51.3 Å². The molecule has 0 spiro atoms. The summed E-state index contributed by atoms with van der Waals surface area (Å²) in [5.41, 5.74) is 2.29. The van der Waals surface area contributed by atoms with Crippen LogP contribution in [-0.2, 0) is 4.79 Å². The fraction of sp³-hybridized carbons (Fsp3) is 0.588. The number of aryl methyl sites for hydroxylation is 1. The van der Waals surface area contributed by atoms with Crippen LogP contribution in [0.2, 0.25) is 0 Å². The van der Waals surface area contributed by atoms with Crippen molar-refractivity contribution in [1.82, 2.24) is 10.6 Å². The third-order valence-corrected chi connectivity index (χ3v) is 3.14. The van der Waals surface area contributed by atoms with Crippen molar-refractivity contribution in [3.8, 4) is 5.75 Å². The molecule has 1 rings (SSSR count). The number of hydrogen-bond acceptors (Lipinski definition) is 3. The van der Waals surface area contributed by atoms with Crippen molar-refractivity contribution in [2.24, 2.45) is 0 Å². The van der Waals surface area contributed by atoms with Crippen molar-refractivity contribution in [3.05, 3.63) is 29.3 Å². The van der Waals surface area contributed by atoms with Gasteiger partial charge >= 0.3 is 0 Å². The SMILES string of the molecule is CCCNC(C)c1cc(C)ccc1OCC(=O)NC(C)C. The molecule has 0 radical (unpaired) electrons. The first-order valence-corrected chi connectivity index (χ1v) is 7.70. The molecule has 0 heterocycles. The fourth-order valence-electron chi connectivity index (χ4n) is 2.12. The maximum absolute atomic E-state index is 11.7. The Morgan fingerprint density at radius 1 is 1.29 bits per heavy atom. The second-order valence-electron chi connectivity index (χ2n) is 5.73. The molecule has 0 bridgehead atoms. The van der Waals surface area contributed by atoms with Crippen molar-refractivity contribution in [2.45, 2.75) is 53.1 Å². The predicted octanol–water partition coefficient (Wildman–Crippen LogP) is 2.96. The highest BCUT2D eigenvalue weighted by atomic mass is 16.5. The summed E-state index contributed by atoms with van der Waals surface area (Å²) < 4.78 is 5.70. The molecule has 0 aliphatic carbocycles. The van der Waals surface area contributed by atoms with Gasteiger partial charge in [-0.2, -0.15) is 0 Å². The first-order chi connectivity index (χ1) is 9.93. The van der Waals surface area contributed by atoms with E-state index in [1.807, 2.05) is 26.0 Å². The molecule has 0 aromatic heterocycles. The Bertz CT molecular complexity index is 458. The van der Waals surface area contributed by atoms with Crippen LogP contribution in [-0.4, -0.2) is 25.1 Å². The van der Waals surface area contributed by atoms with Gasteiger partial charge in [-0.25, -0.2) is 0 Å². The third-order valence-electron chi connectivity index (χ3n) is 3.14. The summed E-state index contributed by atoms with van der Waals surface area (Å²) in [5, 5.41) is 6.28. The summed E-state index contributed by atoms with van der Waals surface area (Å²) in [5.74, 6) is 0.682. The molecular weight excluding hydrogens is 264 g/mol. The lowest BCUT2D eigenvalue weighted by atomic mass is 10.0. The molecule has 0 aliphatic rings. The highest BCUT2D eigenvalue weighted by Gasteiger charge is 2.13. The molecule has 0 fully saturated rings. The molecule has 21 heavy (non-hydrogen) atoms. The van der Waals surface area contributed by atoms with E-state index in [0.29, 0.717) is 0 Å². The summed E-state index contributed by atoms with van der Waals surface area (Å²) in [6, 6.07) is 6.39. The summed E-state index contributed by atoms with van der Waals surface area (Å²) in [4.78, 5) is 11.7. The van der Waals surface area contributed by atoms with Gasteiger partial charge in [-0.15, -0.1) is 0 Å².